The van der Waals surface area contributed by atoms with Crippen LogP contribution in [-0.2, 0) is 0 Å². The molecule has 0 spiro atoms. The van der Waals surface area contributed by atoms with Gasteiger partial charge >= 0.3 is 0 Å². The van der Waals surface area contributed by atoms with Gasteiger partial charge in [-0.05, 0) is 45.5 Å². The van der Waals surface area contributed by atoms with E-state index < -0.39 is 0 Å². The fourth-order valence-corrected chi connectivity index (χ4v) is 4.23. The Kier molecular flexibility index (Phi) is 2.40. The zero-order valence-corrected chi connectivity index (χ0v) is 13.6. The molecule has 0 amide bonds. The highest BCUT2D eigenvalue weighted by molar-refractivity contribution is 6.11. The molecule has 4 aromatic carbocycles. The van der Waals surface area contributed by atoms with Gasteiger partial charge in [-0.15, -0.1) is 0 Å². The van der Waals surface area contributed by atoms with Gasteiger partial charge in [-0.2, -0.15) is 0 Å². The van der Waals surface area contributed by atoms with Gasteiger partial charge in [-0.1, -0.05) is 72.8 Å². The Hall–Kier alpha value is -3.32. The number of rotatable bonds is 2. The van der Waals surface area contributed by atoms with Crippen LogP contribution >= 0.6 is 0 Å². The second kappa shape index (κ2) is 4.61. The molecule has 0 radical (unpaired) electrons. The second-order valence-corrected chi connectivity index (χ2v) is 6.67. The van der Waals surface area contributed by atoms with Crippen molar-refractivity contribution in [3.8, 4) is 44.5 Å². The molecule has 0 aromatic heterocycles. The number of hydrogen-bond acceptors (Lipinski definition) is 1. The highest BCUT2D eigenvalue weighted by Crippen LogP contribution is 2.54. The molecule has 1 heteroatoms. The lowest BCUT2D eigenvalue weighted by Gasteiger charge is -2.30. The van der Waals surface area contributed by atoms with Crippen molar-refractivity contribution < 1.29 is 0 Å². The minimum atomic E-state index is 1.19. The molecule has 0 saturated carbocycles. The summed E-state index contributed by atoms with van der Waals surface area (Å²) in [5.41, 5.74) is 13.1. The number of anilines is 2. The van der Waals surface area contributed by atoms with E-state index in [1.165, 1.54) is 55.9 Å². The summed E-state index contributed by atoms with van der Waals surface area (Å²) in [4.78, 5) is 0. The van der Waals surface area contributed by atoms with Crippen LogP contribution in [0.2, 0.25) is 0 Å². The predicted octanol–water partition coefficient (Wildman–Crippen LogP) is 6.73. The molecule has 1 nitrogen and oxygen atoms in total. The van der Waals surface area contributed by atoms with E-state index >= 15 is 0 Å². The largest absolute Gasteiger partial charge is 0.354 e. The Bertz CT molecular complexity index is 1080. The minimum Gasteiger partial charge on any atom is -0.354 e. The zero-order valence-electron chi connectivity index (χ0n) is 13.6. The van der Waals surface area contributed by atoms with Crippen LogP contribution < -0.4 is 5.32 Å². The molecule has 0 bridgehead atoms. The minimum absolute atomic E-state index is 1.19. The van der Waals surface area contributed by atoms with E-state index in [9.17, 15) is 0 Å². The smallest absolute Gasteiger partial charge is 0.0470 e. The van der Waals surface area contributed by atoms with Crippen LogP contribution in [-0.4, -0.2) is 0 Å². The van der Waals surface area contributed by atoms with E-state index in [0.29, 0.717) is 0 Å². The molecule has 0 heterocycles. The van der Waals surface area contributed by atoms with E-state index in [2.05, 4.69) is 90.2 Å². The van der Waals surface area contributed by atoms with Crippen LogP contribution in [0.4, 0.5) is 11.4 Å². The summed E-state index contributed by atoms with van der Waals surface area (Å²) in [6, 6.07) is 30.3. The first kappa shape index (κ1) is 13.0. The topological polar surface area (TPSA) is 12.0 Å². The Labute approximate surface area is 146 Å². The molecule has 0 saturated heterocycles. The molecule has 6 rings (SSSR count). The van der Waals surface area contributed by atoms with Gasteiger partial charge in [-0.25, -0.2) is 0 Å². The van der Waals surface area contributed by atoms with E-state index in [0.717, 1.165) is 0 Å². The highest BCUT2D eigenvalue weighted by Gasteiger charge is 2.27. The van der Waals surface area contributed by atoms with Gasteiger partial charge in [0.25, 0.3) is 0 Å². The summed E-state index contributed by atoms with van der Waals surface area (Å²) in [6.07, 6.45) is 0. The molecular weight excluding hydrogens is 302 g/mol. The predicted molar refractivity (Wildman–Crippen MR) is 105 cm³/mol. The quantitative estimate of drug-likeness (QED) is 0.373. The van der Waals surface area contributed by atoms with Crippen molar-refractivity contribution in [2.45, 2.75) is 0 Å². The summed E-state index contributed by atoms with van der Waals surface area (Å²) in [6.45, 7) is 0. The van der Waals surface area contributed by atoms with Crippen LogP contribution in [0.1, 0.15) is 0 Å². The lowest BCUT2D eigenvalue weighted by Crippen LogP contribution is -2.06. The van der Waals surface area contributed by atoms with Crippen LogP contribution in [0.25, 0.3) is 44.5 Å². The average Bonchev–Trinajstić information content (AvgIpc) is 2.64. The third-order valence-corrected chi connectivity index (χ3v) is 5.37. The normalized spacial score (nSPS) is 12.0. The highest BCUT2D eigenvalue weighted by atomic mass is 14.9. The number of nitrogens with one attached hydrogen (secondary N) is 1. The molecule has 1 N–H and O–H groups in total. The number of hydrogen-bond donors (Lipinski definition) is 1. The monoisotopic (exact) mass is 317 g/mol. The molecule has 2 aliphatic rings. The molecular formula is C24H15N. The first-order valence-corrected chi connectivity index (χ1v) is 8.64. The lowest BCUT2D eigenvalue weighted by molar-refractivity contribution is 1.46. The van der Waals surface area contributed by atoms with Gasteiger partial charge in [-0.3, -0.25) is 0 Å². The molecule has 0 atom stereocenters. The number of benzene rings is 4. The summed E-state index contributed by atoms with van der Waals surface area (Å²) in [5.74, 6) is 0. The summed E-state index contributed by atoms with van der Waals surface area (Å²) in [5, 5.41) is 3.71. The van der Waals surface area contributed by atoms with Crippen molar-refractivity contribution in [1.82, 2.24) is 0 Å². The third kappa shape index (κ3) is 1.62. The van der Waals surface area contributed by atoms with E-state index in [-0.39, 0.29) is 0 Å². The summed E-state index contributed by atoms with van der Waals surface area (Å²) >= 11 is 0. The van der Waals surface area contributed by atoms with Crippen molar-refractivity contribution in [2.75, 3.05) is 5.32 Å². The zero-order chi connectivity index (χ0) is 16.4. The van der Waals surface area contributed by atoms with Gasteiger partial charge < -0.3 is 5.32 Å². The maximum Gasteiger partial charge on any atom is 0.0470 e. The van der Waals surface area contributed by atoms with Crippen LogP contribution in [0, 0.1) is 0 Å². The maximum absolute atomic E-state index is 3.71. The molecule has 4 aromatic rings. The van der Waals surface area contributed by atoms with Gasteiger partial charge in [0.1, 0.15) is 0 Å². The van der Waals surface area contributed by atoms with Crippen molar-refractivity contribution in [1.29, 1.82) is 0 Å². The molecule has 0 unspecified atom stereocenters. The average molecular weight is 317 g/mol. The Balaban J connectivity index is 1.46. The Morgan fingerprint density at radius 2 is 0.760 bits per heavy atom. The van der Waals surface area contributed by atoms with Gasteiger partial charge in [0.15, 0.2) is 0 Å². The van der Waals surface area contributed by atoms with Crippen molar-refractivity contribution in [3.05, 3.63) is 84.9 Å². The first-order valence-electron chi connectivity index (χ1n) is 8.64. The molecule has 2 aliphatic carbocycles. The SMILES string of the molecule is c1ccc2c(c1)-c1cccc(Nc3cccc4c3-c3ccccc3-4)c1-2. The summed E-state index contributed by atoms with van der Waals surface area (Å²) < 4.78 is 0. The van der Waals surface area contributed by atoms with Crippen LogP contribution in [0.3, 0.4) is 0 Å². The van der Waals surface area contributed by atoms with E-state index in [4.69, 9.17) is 0 Å². The van der Waals surface area contributed by atoms with Crippen molar-refractivity contribution in [3.63, 3.8) is 0 Å². The van der Waals surface area contributed by atoms with Crippen LogP contribution in [0.5, 0.6) is 0 Å². The summed E-state index contributed by atoms with van der Waals surface area (Å²) in [7, 11) is 0. The van der Waals surface area contributed by atoms with Crippen LogP contribution in [0.15, 0.2) is 84.9 Å². The molecule has 0 fully saturated rings. The fourth-order valence-electron chi connectivity index (χ4n) is 4.23. The molecule has 25 heavy (non-hydrogen) atoms. The van der Waals surface area contributed by atoms with Gasteiger partial charge in [0.05, 0.1) is 0 Å². The van der Waals surface area contributed by atoms with Gasteiger partial charge in [0.2, 0.25) is 0 Å². The maximum atomic E-state index is 3.71. The molecule has 0 aliphatic heterocycles. The van der Waals surface area contributed by atoms with Gasteiger partial charge in [0, 0.05) is 22.5 Å². The second-order valence-electron chi connectivity index (χ2n) is 6.67. The standard InChI is InChI=1S/C24H15N/c1-3-9-17-15(7-1)19-11-5-13-21(23(17)19)25-22-14-6-12-20-16-8-2-4-10-18(16)24(20)22/h1-14,25H. The Morgan fingerprint density at radius 1 is 0.360 bits per heavy atom. The Morgan fingerprint density at radius 3 is 1.24 bits per heavy atom. The lowest BCUT2D eigenvalue weighted by atomic mass is 9.78. The number of fused-ring (bicyclic) bond motifs is 8. The van der Waals surface area contributed by atoms with E-state index in [1.807, 2.05) is 0 Å². The van der Waals surface area contributed by atoms with E-state index in [1.54, 1.807) is 0 Å². The van der Waals surface area contributed by atoms with Crippen molar-refractivity contribution in [2.24, 2.45) is 0 Å². The molecule has 116 valence electrons. The third-order valence-electron chi connectivity index (χ3n) is 5.37. The van der Waals surface area contributed by atoms with Crippen molar-refractivity contribution >= 4 is 11.4 Å². The fraction of sp³-hybridized carbons (Fsp3) is 0. The first-order chi connectivity index (χ1) is 12.4.